The van der Waals surface area contributed by atoms with E-state index in [1.807, 2.05) is 0 Å². The Bertz CT molecular complexity index is 579. The molecule has 0 radical (unpaired) electrons. The van der Waals surface area contributed by atoms with Crippen LogP contribution < -0.4 is 4.74 Å². The predicted molar refractivity (Wildman–Crippen MR) is 78.1 cm³/mol. The smallest absolute Gasteiger partial charge is 0.303 e. The average Bonchev–Trinajstić information content (AvgIpc) is 2.52. The number of carboxylic acids is 1. The van der Waals surface area contributed by atoms with Gasteiger partial charge in [0, 0.05) is 25.1 Å². The monoisotopic (exact) mass is 327 g/mol. The molecule has 126 valence electrons. The molecule has 0 aromatic heterocycles. The van der Waals surface area contributed by atoms with E-state index >= 15 is 0 Å². The molecule has 5 nitrogen and oxygen atoms in total. The molecule has 0 aliphatic carbocycles. The Morgan fingerprint density at radius 1 is 1.30 bits per heavy atom. The van der Waals surface area contributed by atoms with Crippen LogP contribution in [0.1, 0.15) is 32.1 Å². The van der Waals surface area contributed by atoms with Gasteiger partial charge in [-0.1, -0.05) is 0 Å². The first-order valence-corrected chi connectivity index (χ1v) is 7.56. The number of likely N-dealkylation sites (tertiary alicyclic amines) is 1. The van der Waals surface area contributed by atoms with Crippen molar-refractivity contribution < 1.29 is 28.2 Å². The molecule has 1 aliphatic heterocycles. The molecule has 0 spiro atoms. The lowest BCUT2D eigenvalue weighted by Gasteiger charge is -2.35. The highest BCUT2D eigenvalue weighted by molar-refractivity contribution is 5.78. The maximum absolute atomic E-state index is 13.5. The number of nitrogens with zero attached hydrogens (tertiary/aromatic N) is 1. The SMILES string of the molecule is O=C(O)CC[C@@H]1CCCCN1C(=O)COc1ccc(F)cc1F. The Hall–Kier alpha value is -2.18. The number of aliphatic carboxylic acids is 1. The van der Waals surface area contributed by atoms with Gasteiger partial charge in [-0.15, -0.1) is 0 Å². The standard InChI is InChI=1S/C16H19F2NO4/c17-11-4-6-14(13(18)9-11)23-10-15(20)19-8-2-1-3-12(19)5-7-16(21)22/h4,6,9,12H,1-3,5,7-8,10H2,(H,21,22)/t12-/m0/s1. The molecule has 1 amide bonds. The number of carbonyl (C=O) groups excluding carboxylic acids is 1. The highest BCUT2D eigenvalue weighted by Gasteiger charge is 2.27. The summed E-state index contributed by atoms with van der Waals surface area (Å²) in [6, 6.07) is 2.75. The largest absolute Gasteiger partial charge is 0.481 e. The van der Waals surface area contributed by atoms with Gasteiger partial charge in [-0.05, 0) is 37.8 Å². The maximum atomic E-state index is 13.5. The number of hydrogen-bond acceptors (Lipinski definition) is 3. The highest BCUT2D eigenvalue weighted by Crippen LogP contribution is 2.22. The van der Waals surface area contributed by atoms with E-state index < -0.39 is 17.6 Å². The fraction of sp³-hybridized carbons (Fsp3) is 0.500. The lowest BCUT2D eigenvalue weighted by Crippen LogP contribution is -2.46. The molecule has 1 atom stereocenters. The molecular formula is C16H19F2NO4. The second-order valence-electron chi connectivity index (χ2n) is 5.53. The highest BCUT2D eigenvalue weighted by atomic mass is 19.1. The van der Waals surface area contributed by atoms with E-state index in [0.29, 0.717) is 19.0 Å². The van der Waals surface area contributed by atoms with Crippen LogP contribution in [0.5, 0.6) is 5.75 Å². The number of rotatable bonds is 6. The van der Waals surface area contributed by atoms with E-state index in [9.17, 15) is 18.4 Å². The van der Waals surface area contributed by atoms with Crippen molar-refractivity contribution >= 4 is 11.9 Å². The van der Waals surface area contributed by atoms with Gasteiger partial charge in [0.05, 0.1) is 0 Å². The van der Waals surface area contributed by atoms with Crippen molar-refractivity contribution in [3.05, 3.63) is 29.8 Å². The molecule has 7 heteroatoms. The summed E-state index contributed by atoms with van der Waals surface area (Å²) < 4.78 is 31.4. The fourth-order valence-corrected chi connectivity index (χ4v) is 2.73. The van der Waals surface area contributed by atoms with E-state index in [1.54, 1.807) is 4.90 Å². The van der Waals surface area contributed by atoms with Crippen molar-refractivity contribution in [2.45, 2.75) is 38.1 Å². The first-order valence-electron chi connectivity index (χ1n) is 7.56. The molecule has 0 bridgehead atoms. The average molecular weight is 327 g/mol. The van der Waals surface area contributed by atoms with Crippen molar-refractivity contribution in [2.24, 2.45) is 0 Å². The number of carbonyl (C=O) groups is 2. The number of ether oxygens (including phenoxy) is 1. The van der Waals surface area contributed by atoms with E-state index in [1.165, 1.54) is 0 Å². The molecule has 1 fully saturated rings. The van der Waals surface area contributed by atoms with Crippen molar-refractivity contribution in [3.63, 3.8) is 0 Å². The van der Waals surface area contributed by atoms with Crippen LogP contribution >= 0.6 is 0 Å². The summed E-state index contributed by atoms with van der Waals surface area (Å²) in [7, 11) is 0. The lowest BCUT2D eigenvalue weighted by molar-refractivity contribution is -0.141. The summed E-state index contributed by atoms with van der Waals surface area (Å²) in [6.45, 7) is 0.185. The Morgan fingerprint density at radius 2 is 2.09 bits per heavy atom. The van der Waals surface area contributed by atoms with Crippen molar-refractivity contribution in [1.82, 2.24) is 4.90 Å². The van der Waals surface area contributed by atoms with Crippen LogP contribution in [0.3, 0.4) is 0 Å². The van der Waals surface area contributed by atoms with Gasteiger partial charge in [0.15, 0.2) is 18.2 Å². The number of halogens is 2. The van der Waals surface area contributed by atoms with E-state index in [0.717, 1.165) is 31.4 Å². The molecule has 1 heterocycles. The van der Waals surface area contributed by atoms with Crippen LogP contribution in [0.2, 0.25) is 0 Å². The van der Waals surface area contributed by atoms with Gasteiger partial charge in [0.25, 0.3) is 5.91 Å². The van der Waals surface area contributed by atoms with Crippen LogP contribution in [-0.2, 0) is 9.59 Å². The number of piperidine rings is 1. The summed E-state index contributed by atoms with van der Waals surface area (Å²) in [4.78, 5) is 24.6. The molecule has 1 aromatic carbocycles. The van der Waals surface area contributed by atoms with Gasteiger partial charge in [0.2, 0.25) is 0 Å². The number of benzene rings is 1. The molecule has 23 heavy (non-hydrogen) atoms. The Kier molecular flexibility index (Phi) is 5.90. The summed E-state index contributed by atoms with van der Waals surface area (Å²) >= 11 is 0. The van der Waals surface area contributed by atoms with Crippen LogP contribution in [0.15, 0.2) is 18.2 Å². The fourth-order valence-electron chi connectivity index (χ4n) is 2.73. The predicted octanol–water partition coefficient (Wildman–Crippen LogP) is 2.59. The van der Waals surface area contributed by atoms with Gasteiger partial charge < -0.3 is 14.7 Å². The van der Waals surface area contributed by atoms with Crippen molar-refractivity contribution in [2.75, 3.05) is 13.2 Å². The molecule has 1 aromatic rings. The van der Waals surface area contributed by atoms with Crippen LogP contribution in [-0.4, -0.2) is 41.1 Å². The number of carboxylic acid groups (broad SMARTS) is 1. The zero-order valence-corrected chi connectivity index (χ0v) is 12.6. The quantitative estimate of drug-likeness (QED) is 0.872. The van der Waals surface area contributed by atoms with Gasteiger partial charge in [0.1, 0.15) is 5.82 Å². The maximum Gasteiger partial charge on any atom is 0.303 e. The number of hydrogen-bond donors (Lipinski definition) is 1. The van der Waals surface area contributed by atoms with E-state index in [4.69, 9.17) is 9.84 Å². The Morgan fingerprint density at radius 3 is 2.78 bits per heavy atom. The first-order chi connectivity index (χ1) is 11.0. The molecule has 1 aliphatic rings. The molecule has 1 N–H and O–H groups in total. The Labute approximate surface area is 132 Å². The van der Waals surface area contributed by atoms with E-state index in [-0.39, 0.29) is 30.7 Å². The first kappa shape index (κ1) is 17.2. The van der Waals surface area contributed by atoms with Crippen LogP contribution in [0.4, 0.5) is 8.78 Å². The molecular weight excluding hydrogens is 308 g/mol. The second kappa shape index (κ2) is 7.89. The minimum Gasteiger partial charge on any atom is -0.481 e. The van der Waals surface area contributed by atoms with Gasteiger partial charge in [-0.25, -0.2) is 8.78 Å². The third kappa shape index (κ3) is 4.91. The minimum absolute atomic E-state index is 0.00188. The van der Waals surface area contributed by atoms with Crippen LogP contribution in [0.25, 0.3) is 0 Å². The minimum atomic E-state index is -0.896. The molecule has 2 rings (SSSR count). The second-order valence-corrected chi connectivity index (χ2v) is 5.53. The molecule has 0 saturated carbocycles. The normalized spacial score (nSPS) is 17.8. The van der Waals surface area contributed by atoms with Gasteiger partial charge >= 0.3 is 5.97 Å². The zero-order chi connectivity index (χ0) is 16.8. The van der Waals surface area contributed by atoms with E-state index in [2.05, 4.69) is 0 Å². The molecule has 1 saturated heterocycles. The van der Waals surface area contributed by atoms with Gasteiger partial charge in [-0.3, -0.25) is 9.59 Å². The Balaban J connectivity index is 1.93. The topological polar surface area (TPSA) is 66.8 Å². The summed E-state index contributed by atoms with van der Waals surface area (Å²) in [6.07, 6.45) is 2.94. The van der Waals surface area contributed by atoms with Crippen LogP contribution in [0, 0.1) is 11.6 Å². The number of amides is 1. The van der Waals surface area contributed by atoms with Gasteiger partial charge in [-0.2, -0.15) is 0 Å². The van der Waals surface area contributed by atoms with Crippen molar-refractivity contribution in [1.29, 1.82) is 0 Å². The lowest BCUT2D eigenvalue weighted by atomic mass is 9.98. The zero-order valence-electron chi connectivity index (χ0n) is 12.6. The summed E-state index contributed by atoms with van der Waals surface area (Å²) in [5, 5.41) is 8.77. The summed E-state index contributed by atoms with van der Waals surface area (Å²) in [5.74, 6) is -2.97. The third-order valence-electron chi connectivity index (χ3n) is 3.88. The van der Waals surface area contributed by atoms with Crippen molar-refractivity contribution in [3.8, 4) is 5.75 Å². The third-order valence-corrected chi connectivity index (χ3v) is 3.88. The summed E-state index contributed by atoms with van der Waals surface area (Å²) in [5.41, 5.74) is 0. The molecule has 0 unspecified atom stereocenters.